The minimum atomic E-state index is 0.766. The lowest BCUT2D eigenvalue weighted by Gasteiger charge is -2.23. The summed E-state index contributed by atoms with van der Waals surface area (Å²) in [5.41, 5.74) is 2.87. The van der Waals surface area contributed by atoms with Crippen LogP contribution in [0, 0.1) is 0 Å². The van der Waals surface area contributed by atoms with Gasteiger partial charge in [0.15, 0.2) is 0 Å². The lowest BCUT2D eigenvalue weighted by molar-refractivity contribution is 0.275. The van der Waals surface area contributed by atoms with Crippen LogP contribution < -0.4 is 5.32 Å². The van der Waals surface area contributed by atoms with Gasteiger partial charge in [0.05, 0.1) is 0 Å². The largest absolute Gasteiger partial charge is 0.383 e. The molecular weight excluding hydrogens is 328 g/mol. The van der Waals surface area contributed by atoms with Crippen molar-refractivity contribution in [3.05, 3.63) is 42.0 Å². The second-order valence-electron chi connectivity index (χ2n) is 8.20. The molecule has 2 heteroatoms. The van der Waals surface area contributed by atoms with Gasteiger partial charge in [-0.3, -0.25) is 0 Å². The summed E-state index contributed by atoms with van der Waals surface area (Å²) in [7, 11) is 0. The van der Waals surface area contributed by atoms with Crippen molar-refractivity contribution in [1.29, 1.82) is 0 Å². The summed E-state index contributed by atoms with van der Waals surface area (Å²) in [5.74, 6) is 0.766. The highest BCUT2D eigenvalue weighted by Crippen LogP contribution is 2.39. The first kappa shape index (κ1) is 20.2. The SMILES string of the molecule is CCCCN(CCCC)CCNc1ccc(C2CCCC2)c2ccccc12. The molecular formula is C25H38N2. The average molecular weight is 367 g/mol. The molecule has 1 aliphatic carbocycles. The molecule has 0 heterocycles. The first-order chi connectivity index (χ1) is 13.3. The predicted molar refractivity (Wildman–Crippen MR) is 120 cm³/mol. The van der Waals surface area contributed by atoms with Gasteiger partial charge in [0.1, 0.15) is 0 Å². The third-order valence-corrected chi connectivity index (χ3v) is 6.15. The Labute approximate surface area is 166 Å². The highest BCUT2D eigenvalue weighted by molar-refractivity contribution is 5.96. The van der Waals surface area contributed by atoms with Crippen LogP contribution in [0.3, 0.4) is 0 Å². The zero-order valence-corrected chi connectivity index (χ0v) is 17.5. The number of nitrogens with one attached hydrogen (secondary N) is 1. The van der Waals surface area contributed by atoms with Gasteiger partial charge >= 0.3 is 0 Å². The molecule has 0 unspecified atom stereocenters. The number of benzene rings is 2. The molecule has 0 saturated heterocycles. The highest BCUT2D eigenvalue weighted by Gasteiger charge is 2.19. The molecule has 1 N–H and O–H groups in total. The summed E-state index contributed by atoms with van der Waals surface area (Å²) in [5, 5.41) is 6.61. The molecule has 1 saturated carbocycles. The third kappa shape index (κ3) is 5.48. The van der Waals surface area contributed by atoms with Crippen molar-refractivity contribution >= 4 is 16.5 Å². The first-order valence-corrected chi connectivity index (χ1v) is 11.3. The average Bonchev–Trinajstić information content (AvgIpc) is 3.24. The lowest BCUT2D eigenvalue weighted by atomic mass is 9.91. The Kier molecular flexibility index (Phi) is 8.01. The smallest absolute Gasteiger partial charge is 0.0420 e. The fourth-order valence-electron chi connectivity index (χ4n) is 4.52. The van der Waals surface area contributed by atoms with Crippen LogP contribution in [-0.4, -0.2) is 31.1 Å². The molecule has 0 aromatic heterocycles. The molecule has 3 rings (SSSR count). The number of rotatable bonds is 11. The number of hydrogen-bond donors (Lipinski definition) is 1. The van der Waals surface area contributed by atoms with Crippen LogP contribution in [0.4, 0.5) is 5.69 Å². The molecule has 0 bridgehead atoms. The van der Waals surface area contributed by atoms with Gasteiger partial charge in [0, 0.05) is 24.2 Å². The van der Waals surface area contributed by atoms with E-state index in [2.05, 4.69) is 60.5 Å². The van der Waals surface area contributed by atoms with Crippen LogP contribution in [0.2, 0.25) is 0 Å². The molecule has 1 aliphatic rings. The van der Waals surface area contributed by atoms with Crippen LogP contribution in [0.5, 0.6) is 0 Å². The zero-order chi connectivity index (χ0) is 18.9. The van der Waals surface area contributed by atoms with Crippen molar-refractivity contribution in [1.82, 2.24) is 4.90 Å². The second kappa shape index (κ2) is 10.7. The van der Waals surface area contributed by atoms with E-state index in [1.807, 2.05) is 0 Å². The first-order valence-electron chi connectivity index (χ1n) is 11.3. The molecule has 0 spiro atoms. The van der Waals surface area contributed by atoms with Gasteiger partial charge in [0.25, 0.3) is 0 Å². The Morgan fingerprint density at radius 3 is 2.19 bits per heavy atom. The predicted octanol–water partition coefficient (Wildman–Crippen LogP) is 6.81. The maximum Gasteiger partial charge on any atom is 0.0420 e. The number of hydrogen-bond acceptors (Lipinski definition) is 2. The number of anilines is 1. The molecule has 2 aromatic rings. The van der Waals surface area contributed by atoms with Crippen molar-refractivity contribution in [3.63, 3.8) is 0 Å². The van der Waals surface area contributed by atoms with Gasteiger partial charge in [-0.25, -0.2) is 0 Å². The molecule has 2 aromatic carbocycles. The van der Waals surface area contributed by atoms with Crippen molar-refractivity contribution in [2.24, 2.45) is 0 Å². The van der Waals surface area contributed by atoms with Crippen molar-refractivity contribution < 1.29 is 0 Å². The molecule has 2 nitrogen and oxygen atoms in total. The standard InChI is InChI=1S/C25H38N2/c1-3-5-18-27(19-6-4-2)20-17-26-25-16-15-22(21-11-7-8-12-21)23-13-9-10-14-24(23)25/h9-10,13-16,21,26H,3-8,11-12,17-20H2,1-2H3. The molecule has 0 aliphatic heterocycles. The van der Waals surface area contributed by atoms with E-state index in [1.54, 1.807) is 5.56 Å². The highest BCUT2D eigenvalue weighted by atomic mass is 15.1. The summed E-state index contributed by atoms with van der Waals surface area (Å²) in [4.78, 5) is 2.63. The van der Waals surface area contributed by atoms with E-state index in [1.165, 1.54) is 80.9 Å². The van der Waals surface area contributed by atoms with Gasteiger partial charge in [-0.2, -0.15) is 0 Å². The van der Waals surface area contributed by atoms with E-state index in [9.17, 15) is 0 Å². The van der Waals surface area contributed by atoms with Gasteiger partial charge in [0.2, 0.25) is 0 Å². The van der Waals surface area contributed by atoms with E-state index in [4.69, 9.17) is 0 Å². The Morgan fingerprint density at radius 2 is 1.52 bits per heavy atom. The normalized spacial score (nSPS) is 15.1. The van der Waals surface area contributed by atoms with E-state index < -0.39 is 0 Å². The maximum atomic E-state index is 3.75. The van der Waals surface area contributed by atoms with E-state index in [0.717, 1.165) is 19.0 Å². The molecule has 1 fully saturated rings. The quantitative estimate of drug-likeness (QED) is 0.470. The second-order valence-corrected chi connectivity index (χ2v) is 8.20. The van der Waals surface area contributed by atoms with E-state index >= 15 is 0 Å². The minimum Gasteiger partial charge on any atom is -0.383 e. The Morgan fingerprint density at radius 1 is 0.852 bits per heavy atom. The summed E-state index contributed by atoms with van der Waals surface area (Å²) >= 11 is 0. The molecule has 148 valence electrons. The molecule has 0 radical (unpaired) electrons. The molecule has 27 heavy (non-hydrogen) atoms. The Bertz CT molecular complexity index is 680. The minimum absolute atomic E-state index is 0.766. The summed E-state index contributed by atoms with van der Waals surface area (Å²) in [6.07, 6.45) is 10.7. The van der Waals surface area contributed by atoms with E-state index in [0.29, 0.717) is 0 Å². The van der Waals surface area contributed by atoms with Crippen molar-refractivity contribution in [2.45, 2.75) is 71.1 Å². The topological polar surface area (TPSA) is 15.3 Å². The Balaban J connectivity index is 1.67. The number of fused-ring (bicyclic) bond motifs is 1. The molecule has 0 amide bonds. The van der Waals surface area contributed by atoms with Gasteiger partial charge < -0.3 is 10.2 Å². The third-order valence-electron chi connectivity index (χ3n) is 6.15. The number of unbranched alkanes of at least 4 members (excludes halogenated alkanes) is 2. The van der Waals surface area contributed by atoms with Crippen LogP contribution in [-0.2, 0) is 0 Å². The summed E-state index contributed by atoms with van der Waals surface area (Å²) in [6, 6.07) is 13.7. The fourth-order valence-corrected chi connectivity index (χ4v) is 4.52. The molecule has 0 atom stereocenters. The van der Waals surface area contributed by atoms with E-state index in [-0.39, 0.29) is 0 Å². The monoisotopic (exact) mass is 366 g/mol. The van der Waals surface area contributed by atoms with Gasteiger partial charge in [-0.1, -0.05) is 69.9 Å². The zero-order valence-electron chi connectivity index (χ0n) is 17.5. The van der Waals surface area contributed by atoms with Crippen molar-refractivity contribution in [3.8, 4) is 0 Å². The van der Waals surface area contributed by atoms with Crippen LogP contribution in [0.1, 0.15) is 76.7 Å². The van der Waals surface area contributed by atoms with Crippen molar-refractivity contribution in [2.75, 3.05) is 31.5 Å². The summed E-state index contributed by atoms with van der Waals surface area (Å²) < 4.78 is 0. The van der Waals surface area contributed by atoms with Crippen LogP contribution in [0.25, 0.3) is 10.8 Å². The van der Waals surface area contributed by atoms with Crippen LogP contribution >= 0.6 is 0 Å². The van der Waals surface area contributed by atoms with Crippen LogP contribution in [0.15, 0.2) is 36.4 Å². The number of nitrogens with zero attached hydrogens (tertiary/aromatic N) is 1. The fraction of sp³-hybridized carbons (Fsp3) is 0.600. The Hall–Kier alpha value is -1.54. The van der Waals surface area contributed by atoms with Gasteiger partial charge in [-0.05, 0) is 61.7 Å². The maximum absolute atomic E-state index is 3.75. The summed E-state index contributed by atoms with van der Waals surface area (Å²) in [6.45, 7) is 9.21. The lowest BCUT2D eigenvalue weighted by Crippen LogP contribution is -2.31. The van der Waals surface area contributed by atoms with Gasteiger partial charge in [-0.15, -0.1) is 0 Å².